The lowest BCUT2D eigenvalue weighted by atomic mass is 10.3. The first-order valence-electron chi connectivity index (χ1n) is 3.87. The van der Waals surface area contributed by atoms with Gasteiger partial charge in [0.25, 0.3) is 0 Å². The largest absolute Gasteiger partial charge is 0.243 e. The zero-order valence-electron chi connectivity index (χ0n) is 7.05. The molecule has 0 aromatic carbocycles. The van der Waals surface area contributed by atoms with Crippen molar-refractivity contribution in [3.05, 3.63) is 40.9 Å². The van der Waals surface area contributed by atoms with Gasteiger partial charge in [-0.15, -0.1) is 0 Å². The highest BCUT2D eigenvalue weighted by Gasteiger charge is 2.05. The Labute approximate surface area is 88.9 Å². The third-order valence-electron chi connectivity index (χ3n) is 1.69. The van der Waals surface area contributed by atoms with E-state index < -0.39 is 0 Å². The van der Waals surface area contributed by atoms with Crippen LogP contribution in [-0.4, -0.2) is 14.8 Å². The standard InChI is InChI=1S/C9H5BrN4/c10-7-5-13-14(6-7)9-2-1-3-12-8(9)4-11/h1-3,5-6H. The van der Waals surface area contributed by atoms with Crippen molar-refractivity contribution in [2.45, 2.75) is 0 Å². The second-order valence-electron chi connectivity index (χ2n) is 2.59. The first-order valence-corrected chi connectivity index (χ1v) is 4.66. The van der Waals surface area contributed by atoms with E-state index in [1.807, 2.05) is 6.07 Å². The average Bonchev–Trinajstić information content (AvgIpc) is 2.65. The SMILES string of the molecule is N#Cc1ncccc1-n1cc(Br)cn1. The molecule has 14 heavy (non-hydrogen) atoms. The van der Waals surface area contributed by atoms with Crippen LogP contribution in [0.1, 0.15) is 5.69 Å². The number of hydrogen-bond donors (Lipinski definition) is 0. The van der Waals surface area contributed by atoms with E-state index in [1.165, 1.54) is 0 Å². The number of pyridine rings is 1. The molecule has 0 amide bonds. The number of hydrogen-bond acceptors (Lipinski definition) is 3. The van der Waals surface area contributed by atoms with Crippen molar-refractivity contribution in [3.63, 3.8) is 0 Å². The fourth-order valence-corrected chi connectivity index (χ4v) is 1.39. The Morgan fingerprint density at radius 1 is 1.50 bits per heavy atom. The normalized spacial score (nSPS) is 9.71. The summed E-state index contributed by atoms with van der Waals surface area (Å²) in [5, 5.41) is 12.9. The molecule has 0 unspecified atom stereocenters. The molecule has 0 radical (unpaired) electrons. The van der Waals surface area contributed by atoms with Crippen molar-refractivity contribution < 1.29 is 0 Å². The van der Waals surface area contributed by atoms with Crippen molar-refractivity contribution in [2.75, 3.05) is 0 Å². The highest BCUT2D eigenvalue weighted by atomic mass is 79.9. The summed E-state index contributed by atoms with van der Waals surface area (Å²) < 4.78 is 2.47. The molecule has 2 aromatic rings. The molecule has 0 spiro atoms. The number of nitriles is 1. The summed E-state index contributed by atoms with van der Waals surface area (Å²) in [6.45, 7) is 0. The lowest BCUT2D eigenvalue weighted by Gasteiger charge is -2.00. The summed E-state index contributed by atoms with van der Waals surface area (Å²) in [5.74, 6) is 0. The molecule has 0 N–H and O–H groups in total. The maximum absolute atomic E-state index is 8.82. The Morgan fingerprint density at radius 3 is 3.00 bits per heavy atom. The lowest BCUT2D eigenvalue weighted by molar-refractivity contribution is 0.869. The smallest absolute Gasteiger partial charge is 0.166 e. The topological polar surface area (TPSA) is 54.5 Å². The number of rotatable bonds is 1. The minimum atomic E-state index is 0.364. The quantitative estimate of drug-likeness (QED) is 0.775. The van der Waals surface area contributed by atoms with E-state index in [-0.39, 0.29) is 0 Å². The molecule has 4 nitrogen and oxygen atoms in total. The van der Waals surface area contributed by atoms with Gasteiger partial charge in [-0.1, -0.05) is 0 Å². The number of nitrogens with zero attached hydrogens (tertiary/aromatic N) is 4. The van der Waals surface area contributed by atoms with Crippen LogP contribution in [0.5, 0.6) is 0 Å². The van der Waals surface area contributed by atoms with Gasteiger partial charge in [0, 0.05) is 12.4 Å². The zero-order chi connectivity index (χ0) is 9.97. The van der Waals surface area contributed by atoms with Crippen LogP contribution in [0, 0.1) is 11.3 Å². The molecular weight excluding hydrogens is 244 g/mol. The van der Waals surface area contributed by atoms with Gasteiger partial charge in [-0.3, -0.25) is 0 Å². The van der Waals surface area contributed by atoms with Crippen molar-refractivity contribution >= 4 is 15.9 Å². The van der Waals surface area contributed by atoms with Crippen LogP contribution in [0.25, 0.3) is 5.69 Å². The van der Waals surface area contributed by atoms with Crippen LogP contribution in [0.4, 0.5) is 0 Å². The third kappa shape index (κ3) is 1.52. The second kappa shape index (κ2) is 3.60. The summed E-state index contributed by atoms with van der Waals surface area (Å²) in [4.78, 5) is 3.95. The minimum absolute atomic E-state index is 0.364. The van der Waals surface area contributed by atoms with Gasteiger partial charge in [-0.05, 0) is 28.1 Å². The van der Waals surface area contributed by atoms with Crippen LogP contribution in [0.3, 0.4) is 0 Å². The predicted molar refractivity (Wildman–Crippen MR) is 53.8 cm³/mol. The molecule has 0 saturated carbocycles. The number of aromatic nitrogens is 3. The molecule has 0 fully saturated rings. The van der Waals surface area contributed by atoms with Crippen molar-refractivity contribution in [3.8, 4) is 11.8 Å². The maximum Gasteiger partial charge on any atom is 0.166 e. The van der Waals surface area contributed by atoms with Gasteiger partial charge in [-0.2, -0.15) is 10.4 Å². The van der Waals surface area contributed by atoms with Crippen LogP contribution in [0.2, 0.25) is 0 Å². The Hall–Kier alpha value is -1.67. The van der Waals surface area contributed by atoms with Crippen molar-refractivity contribution in [2.24, 2.45) is 0 Å². The first kappa shape index (κ1) is 8.91. The second-order valence-corrected chi connectivity index (χ2v) is 3.50. The van der Waals surface area contributed by atoms with E-state index in [0.717, 1.165) is 4.47 Å². The summed E-state index contributed by atoms with van der Waals surface area (Å²) in [6, 6.07) is 5.58. The molecule has 0 aliphatic rings. The summed E-state index contributed by atoms with van der Waals surface area (Å²) in [7, 11) is 0. The highest BCUT2D eigenvalue weighted by Crippen LogP contribution is 2.13. The summed E-state index contributed by atoms with van der Waals surface area (Å²) in [5.41, 5.74) is 1.05. The van der Waals surface area contributed by atoms with E-state index in [1.54, 1.807) is 35.4 Å². The number of halogens is 1. The highest BCUT2D eigenvalue weighted by molar-refractivity contribution is 9.10. The van der Waals surface area contributed by atoms with E-state index in [9.17, 15) is 0 Å². The molecule has 0 atom stereocenters. The van der Waals surface area contributed by atoms with Gasteiger partial charge >= 0.3 is 0 Å². The molecule has 0 bridgehead atoms. The molecule has 68 valence electrons. The van der Waals surface area contributed by atoms with Crippen LogP contribution in [-0.2, 0) is 0 Å². The summed E-state index contributed by atoms with van der Waals surface area (Å²) in [6.07, 6.45) is 5.02. The lowest BCUT2D eigenvalue weighted by Crippen LogP contribution is -1.98. The molecule has 5 heteroatoms. The zero-order valence-corrected chi connectivity index (χ0v) is 8.64. The van der Waals surface area contributed by atoms with Gasteiger partial charge in [0.15, 0.2) is 5.69 Å². The predicted octanol–water partition coefficient (Wildman–Crippen LogP) is 1.90. The van der Waals surface area contributed by atoms with E-state index >= 15 is 0 Å². The molecule has 0 aliphatic carbocycles. The Morgan fingerprint density at radius 2 is 2.36 bits per heavy atom. The molecule has 2 heterocycles. The average molecular weight is 249 g/mol. The Bertz CT molecular complexity index is 498. The third-order valence-corrected chi connectivity index (χ3v) is 2.10. The minimum Gasteiger partial charge on any atom is -0.243 e. The molecule has 0 saturated heterocycles. The van der Waals surface area contributed by atoms with Gasteiger partial charge in [0.2, 0.25) is 0 Å². The Balaban J connectivity index is 2.57. The van der Waals surface area contributed by atoms with E-state index in [0.29, 0.717) is 11.4 Å². The van der Waals surface area contributed by atoms with Gasteiger partial charge in [0.05, 0.1) is 10.7 Å². The van der Waals surface area contributed by atoms with Crippen molar-refractivity contribution in [1.29, 1.82) is 5.26 Å². The fraction of sp³-hybridized carbons (Fsp3) is 0. The van der Waals surface area contributed by atoms with Gasteiger partial charge in [-0.25, -0.2) is 9.67 Å². The van der Waals surface area contributed by atoms with Gasteiger partial charge in [0.1, 0.15) is 11.8 Å². The van der Waals surface area contributed by atoms with E-state index in [4.69, 9.17) is 5.26 Å². The maximum atomic E-state index is 8.82. The summed E-state index contributed by atoms with van der Waals surface area (Å²) >= 11 is 3.29. The monoisotopic (exact) mass is 248 g/mol. The van der Waals surface area contributed by atoms with Gasteiger partial charge < -0.3 is 0 Å². The van der Waals surface area contributed by atoms with Crippen molar-refractivity contribution in [1.82, 2.24) is 14.8 Å². The fourth-order valence-electron chi connectivity index (χ4n) is 1.10. The first-order chi connectivity index (χ1) is 6.81. The molecular formula is C9H5BrN4. The van der Waals surface area contributed by atoms with Crippen LogP contribution >= 0.6 is 15.9 Å². The molecule has 0 aliphatic heterocycles. The van der Waals surface area contributed by atoms with Crippen LogP contribution in [0.15, 0.2) is 35.2 Å². The van der Waals surface area contributed by atoms with E-state index in [2.05, 4.69) is 26.0 Å². The van der Waals surface area contributed by atoms with Crippen LogP contribution < -0.4 is 0 Å². The Kier molecular flexibility index (Phi) is 2.29. The molecule has 2 aromatic heterocycles. The molecule has 2 rings (SSSR count).